The topological polar surface area (TPSA) is 94.8 Å². The predicted octanol–water partition coefficient (Wildman–Crippen LogP) is 2.65. The first kappa shape index (κ1) is 16.8. The fourth-order valence-electron chi connectivity index (χ4n) is 4.37. The number of amides is 1. The molecule has 4 heterocycles. The number of carbonyl (C=O) groups is 1. The maximum Gasteiger partial charge on any atom is 0.245 e. The van der Waals surface area contributed by atoms with Crippen LogP contribution in [0.1, 0.15) is 19.9 Å². The summed E-state index contributed by atoms with van der Waals surface area (Å²) in [7, 11) is 0. The molecule has 1 atom stereocenters. The monoisotopic (exact) mass is 373 g/mol. The molecule has 4 aromatic rings. The van der Waals surface area contributed by atoms with E-state index >= 15 is 0 Å². The van der Waals surface area contributed by atoms with E-state index in [4.69, 9.17) is 5.26 Å². The summed E-state index contributed by atoms with van der Waals surface area (Å²) in [5.74, 6) is -0.129. The molecule has 0 spiro atoms. The summed E-state index contributed by atoms with van der Waals surface area (Å²) in [6.45, 7) is 4.88. The molecule has 1 aliphatic rings. The molecule has 7 heteroatoms. The Morgan fingerprint density at radius 2 is 2.07 bits per heavy atom. The highest BCUT2D eigenvalue weighted by Crippen LogP contribution is 2.33. The van der Waals surface area contributed by atoms with E-state index in [2.05, 4.69) is 16.0 Å². The van der Waals surface area contributed by atoms with Gasteiger partial charge in [0.05, 0.1) is 22.9 Å². The van der Waals surface area contributed by atoms with E-state index in [1.165, 1.54) is 0 Å². The lowest BCUT2D eigenvalue weighted by Gasteiger charge is -2.39. The van der Waals surface area contributed by atoms with Gasteiger partial charge < -0.3 is 14.5 Å². The first-order valence-electron chi connectivity index (χ1n) is 9.41. The molecular formula is C21H19N5O2. The fraction of sp³-hybridized carbons (Fsp3) is 0.333. The average Bonchev–Trinajstić information content (AvgIpc) is 3.24. The number of hydrogen-bond donors (Lipinski definition) is 1. The normalized spacial score (nSPS) is 16.1. The second kappa shape index (κ2) is 5.80. The van der Waals surface area contributed by atoms with Crippen LogP contribution in [0.5, 0.6) is 0 Å². The Morgan fingerprint density at radius 3 is 2.79 bits per heavy atom. The lowest BCUT2D eigenvalue weighted by molar-refractivity contribution is -0.141. The number of nitrogens with one attached hydrogen (secondary N) is 1. The summed E-state index contributed by atoms with van der Waals surface area (Å²) in [5.41, 5.74) is 1.13. The van der Waals surface area contributed by atoms with Crippen LogP contribution in [0.3, 0.4) is 0 Å². The predicted molar refractivity (Wildman–Crippen MR) is 106 cm³/mol. The van der Waals surface area contributed by atoms with Crippen LogP contribution in [0.4, 0.5) is 0 Å². The summed E-state index contributed by atoms with van der Waals surface area (Å²) >= 11 is 0. The summed E-state index contributed by atoms with van der Waals surface area (Å²) in [4.78, 5) is 35.6. The highest BCUT2D eigenvalue weighted by atomic mass is 16.2. The van der Waals surface area contributed by atoms with E-state index < -0.39 is 6.04 Å². The molecule has 7 nitrogen and oxygen atoms in total. The van der Waals surface area contributed by atoms with Gasteiger partial charge in [0, 0.05) is 42.5 Å². The van der Waals surface area contributed by atoms with Crippen LogP contribution >= 0.6 is 0 Å². The van der Waals surface area contributed by atoms with Gasteiger partial charge in [-0.1, -0.05) is 13.8 Å². The number of H-pyrrole nitrogens is 1. The standard InChI is InChI=1S/C21H19N5O2/c1-11(2)17(21(28)25-9-12(7-22)10-25)26-6-4-14-13-3-5-23-20-16(13)15(8-24-20)19(27)18(14)26/h3-6,8,11-12,17H,9-10H2,1-2H3,(H,23,24). The van der Waals surface area contributed by atoms with E-state index in [0.29, 0.717) is 29.6 Å². The smallest absolute Gasteiger partial charge is 0.245 e. The summed E-state index contributed by atoms with van der Waals surface area (Å²) in [6, 6.07) is 5.58. The zero-order chi connectivity index (χ0) is 19.6. The quantitative estimate of drug-likeness (QED) is 0.597. The minimum Gasteiger partial charge on any atom is -0.346 e. The molecule has 1 amide bonds. The molecule has 0 bridgehead atoms. The van der Waals surface area contributed by atoms with Crippen LogP contribution in [0.25, 0.3) is 32.7 Å². The minimum absolute atomic E-state index is 0.00115. The Bertz CT molecular complexity index is 1320. The SMILES string of the molecule is CC(C)C(C(=O)N1CC(C#N)C1)n1ccc2c3cc[nH]c4ncc(c(=O)c21)c43. The second-order valence-electron chi connectivity index (χ2n) is 7.86. The molecule has 1 saturated heterocycles. The molecule has 3 aromatic heterocycles. The van der Waals surface area contributed by atoms with Crippen LogP contribution in [-0.2, 0) is 4.79 Å². The van der Waals surface area contributed by atoms with Crippen molar-refractivity contribution < 1.29 is 4.79 Å². The lowest BCUT2D eigenvalue weighted by Crippen LogP contribution is -2.52. The van der Waals surface area contributed by atoms with Crippen molar-refractivity contribution in [2.75, 3.05) is 13.1 Å². The van der Waals surface area contributed by atoms with Gasteiger partial charge in [-0.25, -0.2) is 4.98 Å². The van der Waals surface area contributed by atoms with Gasteiger partial charge in [-0.05, 0) is 23.4 Å². The number of nitrogens with zero attached hydrogens (tertiary/aromatic N) is 4. The van der Waals surface area contributed by atoms with Crippen molar-refractivity contribution in [1.82, 2.24) is 19.4 Å². The highest BCUT2D eigenvalue weighted by Gasteiger charge is 2.37. The van der Waals surface area contributed by atoms with Gasteiger partial charge in [-0.15, -0.1) is 0 Å². The third-order valence-corrected chi connectivity index (χ3v) is 5.79. The van der Waals surface area contributed by atoms with E-state index in [-0.39, 0.29) is 23.2 Å². The van der Waals surface area contributed by atoms with Crippen LogP contribution in [-0.4, -0.2) is 38.4 Å². The number of fused-ring (bicyclic) bond motifs is 2. The minimum atomic E-state index is -0.484. The third-order valence-electron chi connectivity index (χ3n) is 5.79. The molecule has 1 unspecified atom stereocenters. The Balaban J connectivity index is 1.72. The number of likely N-dealkylation sites (tertiary alicyclic amines) is 1. The Hall–Kier alpha value is -3.40. The van der Waals surface area contributed by atoms with Gasteiger partial charge in [-0.3, -0.25) is 9.59 Å². The average molecular weight is 373 g/mol. The van der Waals surface area contributed by atoms with Crippen molar-refractivity contribution in [3.8, 4) is 6.07 Å². The van der Waals surface area contributed by atoms with Gasteiger partial charge in [0.2, 0.25) is 11.3 Å². The Labute approximate surface area is 160 Å². The molecule has 0 aliphatic carbocycles. The Morgan fingerprint density at radius 1 is 1.29 bits per heavy atom. The molecule has 1 N–H and O–H groups in total. The van der Waals surface area contributed by atoms with Crippen molar-refractivity contribution in [2.45, 2.75) is 19.9 Å². The van der Waals surface area contributed by atoms with Crippen molar-refractivity contribution >= 4 is 38.6 Å². The number of aromatic nitrogens is 3. The molecule has 28 heavy (non-hydrogen) atoms. The zero-order valence-electron chi connectivity index (χ0n) is 15.6. The van der Waals surface area contributed by atoms with E-state index in [1.54, 1.807) is 11.1 Å². The van der Waals surface area contributed by atoms with E-state index in [0.717, 1.165) is 16.2 Å². The molecule has 1 aliphatic heterocycles. The highest BCUT2D eigenvalue weighted by molar-refractivity contribution is 6.19. The summed E-state index contributed by atoms with van der Waals surface area (Å²) in [6.07, 6.45) is 5.26. The van der Waals surface area contributed by atoms with Crippen molar-refractivity contribution in [3.05, 3.63) is 40.9 Å². The molecule has 0 radical (unpaired) electrons. The van der Waals surface area contributed by atoms with Crippen molar-refractivity contribution in [3.63, 3.8) is 0 Å². The van der Waals surface area contributed by atoms with E-state index in [1.807, 2.05) is 42.9 Å². The van der Waals surface area contributed by atoms with Crippen molar-refractivity contribution in [1.29, 1.82) is 5.26 Å². The number of hydrogen-bond acceptors (Lipinski definition) is 4. The van der Waals surface area contributed by atoms with Crippen molar-refractivity contribution in [2.24, 2.45) is 11.8 Å². The number of pyridine rings is 1. The zero-order valence-corrected chi connectivity index (χ0v) is 15.6. The van der Waals surface area contributed by atoms with Gasteiger partial charge in [0.1, 0.15) is 11.7 Å². The number of aromatic amines is 1. The molecule has 1 fully saturated rings. The third kappa shape index (κ3) is 2.12. The Kier molecular flexibility index (Phi) is 3.47. The van der Waals surface area contributed by atoms with Gasteiger partial charge in [0.15, 0.2) is 0 Å². The largest absolute Gasteiger partial charge is 0.346 e. The lowest BCUT2D eigenvalue weighted by atomic mass is 9.96. The van der Waals surface area contributed by atoms with Crippen LogP contribution < -0.4 is 5.43 Å². The van der Waals surface area contributed by atoms with Gasteiger partial charge in [-0.2, -0.15) is 5.26 Å². The number of benzene rings is 1. The maximum atomic E-state index is 13.3. The fourth-order valence-corrected chi connectivity index (χ4v) is 4.37. The van der Waals surface area contributed by atoms with Crippen LogP contribution in [0, 0.1) is 23.2 Å². The van der Waals surface area contributed by atoms with Crippen LogP contribution in [0.2, 0.25) is 0 Å². The maximum absolute atomic E-state index is 13.3. The molecule has 0 saturated carbocycles. The number of rotatable bonds is 3. The van der Waals surface area contributed by atoms with Gasteiger partial charge in [0.25, 0.3) is 0 Å². The number of nitriles is 1. The van der Waals surface area contributed by atoms with E-state index in [9.17, 15) is 9.59 Å². The molecule has 1 aromatic carbocycles. The summed E-state index contributed by atoms with van der Waals surface area (Å²) in [5, 5.41) is 12.2. The number of carbonyl (C=O) groups excluding carboxylic acids is 1. The molecular weight excluding hydrogens is 354 g/mol. The first-order valence-corrected chi connectivity index (χ1v) is 9.41. The molecule has 5 rings (SSSR count). The first-order chi connectivity index (χ1) is 13.5. The van der Waals surface area contributed by atoms with Gasteiger partial charge >= 0.3 is 0 Å². The second-order valence-corrected chi connectivity index (χ2v) is 7.86. The van der Waals surface area contributed by atoms with Crippen LogP contribution in [0.15, 0.2) is 35.5 Å². The molecule has 140 valence electrons. The summed E-state index contributed by atoms with van der Waals surface area (Å²) < 4.78 is 1.82.